The zero-order valence-corrected chi connectivity index (χ0v) is 10.4. The third-order valence-electron chi connectivity index (χ3n) is 2.53. The van der Waals surface area contributed by atoms with Crippen molar-refractivity contribution in [1.29, 1.82) is 0 Å². The molecule has 1 amide bonds. The fourth-order valence-corrected chi connectivity index (χ4v) is 2.31. The van der Waals surface area contributed by atoms with Crippen molar-refractivity contribution in [2.75, 3.05) is 5.32 Å². The number of thiazole rings is 1. The number of carbonyl (C=O) groups is 1. The number of nitrogens with zero attached hydrogens (tertiary/aromatic N) is 2. The number of aromatic nitrogens is 3. The van der Waals surface area contributed by atoms with Crippen molar-refractivity contribution in [2.24, 2.45) is 0 Å². The number of para-hydroxylation sites is 1. The summed E-state index contributed by atoms with van der Waals surface area (Å²) in [5, 5.41) is 5.16. The van der Waals surface area contributed by atoms with Crippen molar-refractivity contribution in [3.05, 3.63) is 41.2 Å². The molecular formula is C12H10N4OS. The number of amides is 1. The Kier molecular flexibility index (Phi) is 2.56. The highest BCUT2D eigenvalue weighted by Crippen LogP contribution is 2.18. The molecular weight excluding hydrogens is 248 g/mol. The van der Waals surface area contributed by atoms with Crippen LogP contribution in [0.1, 0.15) is 16.2 Å². The number of H-pyrrole nitrogens is 1. The van der Waals surface area contributed by atoms with Crippen LogP contribution in [0.5, 0.6) is 0 Å². The largest absolute Gasteiger partial charge is 0.342 e. The van der Waals surface area contributed by atoms with Gasteiger partial charge in [0.25, 0.3) is 5.91 Å². The standard InChI is InChI=1S/C12H10N4OS/c1-7-14-9-4-2-3-8(10(9)15-7)11(17)16-12-13-5-6-18-12/h2-6H,1H3,(H,14,15)(H,13,16,17). The lowest BCUT2D eigenvalue weighted by Crippen LogP contribution is -2.12. The number of benzene rings is 1. The van der Waals surface area contributed by atoms with Crippen LogP contribution < -0.4 is 5.32 Å². The molecule has 0 atom stereocenters. The molecule has 0 aliphatic carbocycles. The minimum atomic E-state index is -0.193. The first-order valence-electron chi connectivity index (χ1n) is 5.40. The van der Waals surface area contributed by atoms with Gasteiger partial charge in [0.2, 0.25) is 0 Å². The van der Waals surface area contributed by atoms with E-state index in [-0.39, 0.29) is 5.91 Å². The maximum absolute atomic E-state index is 12.1. The number of aromatic amines is 1. The molecule has 2 N–H and O–H groups in total. The summed E-state index contributed by atoms with van der Waals surface area (Å²) in [4.78, 5) is 23.6. The molecule has 3 rings (SSSR count). The molecule has 0 fully saturated rings. The Bertz CT molecular complexity index is 702. The van der Waals surface area contributed by atoms with Gasteiger partial charge in [-0.15, -0.1) is 11.3 Å². The molecule has 18 heavy (non-hydrogen) atoms. The second-order valence-electron chi connectivity index (χ2n) is 3.82. The summed E-state index contributed by atoms with van der Waals surface area (Å²) in [6.45, 7) is 1.86. The molecule has 0 spiro atoms. The molecule has 0 aliphatic heterocycles. The first-order chi connectivity index (χ1) is 8.74. The number of aryl methyl sites for hydroxylation is 1. The van der Waals surface area contributed by atoms with Crippen LogP contribution in [0.4, 0.5) is 5.13 Å². The number of nitrogens with one attached hydrogen (secondary N) is 2. The number of imidazole rings is 1. The van der Waals surface area contributed by atoms with Crippen molar-refractivity contribution >= 4 is 33.4 Å². The quantitative estimate of drug-likeness (QED) is 0.742. The van der Waals surface area contributed by atoms with Gasteiger partial charge in [0, 0.05) is 11.6 Å². The molecule has 3 aromatic rings. The maximum atomic E-state index is 12.1. The molecule has 0 saturated heterocycles. The Morgan fingerprint density at radius 2 is 2.33 bits per heavy atom. The monoisotopic (exact) mass is 258 g/mol. The Morgan fingerprint density at radius 3 is 3.11 bits per heavy atom. The van der Waals surface area contributed by atoms with Crippen molar-refractivity contribution in [2.45, 2.75) is 6.92 Å². The average Bonchev–Trinajstić information content (AvgIpc) is 2.95. The summed E-state index contributed by atoms with van der Waals surface area (Å²) >= 11 is 1.39. The third-order valence-corrected chi connectivity index (χ3v) is 3.22. The summed E-state index contributed by atoms with van der Waals surface area (Å²) in [6, 6.07) is 5.48. The van der Waals surface area contributed by atoms with E-state index in [0.717, 1.165) is 11.3 Å². The molecule has 0 radical (unpaired) electrons. The van der Waals surface area contributed by atoms with Crippen molar-refractivity contribution < 1.29 is 4.79 Å². The van der Waals surface area contributed by atoms with E-state index in [1.165, 1.54) is 11.3 Å². The van der Waals surface area contributed by atoms with Gasteiger partial charge >= 0.3 is 0 Å². The van der Waals surface area contributed by atoms with E-state index in [2.05, 4.69) is 20.3 Å². The van der Waals surface area contributed by atoms with Crippen LogP contribution in [-0.2, 0) is 0 Å². The molecule has 1 aromatic carbocycles. The second-order valence-corrected chi connectivity index (χ2v) is 4.71. The van der Waals surface area contributed by atoms with Gasteiger partial charge < -0.3 is 4.98 Å². The van der Waals surface area contributed by atoms with Gasteiger partial charge in [-0.05, 0) is 19.1 Å². The van der Waals surface area contributed by atoms with Crippen LogP contribution in [0.2, 0.25) is 0 Å². The molecule has 0 unspecified atom stereocenters. The molecule has 5 nitrogen and oxygen atoms in total. The van der Waals surface area contributed by atoms with Crippen LogP contribution in [0.15, 0.2) is 29.8 Å². The van der Waals surface area contributed by atoms with Gasteiger partial charge in [0.15, 0.2) is 5.13 Å². The number of hydrogen-bond donors (Lipinski definition) is 2. The number of fused-ring (bicyclic) bond motifs is 1. The predicted octanol–water partition coefficient (Wildman–Crippen LogP) is 2.58. The Morgan fingerprint density at radius 1 is 1.44 bits per heavy atom. The first-order valence-corrected chi connectivity index (χ1v) is 6.28. The first kappa shape index (κ1) is 10.9. The van der Waals surface area contributed by atoms with Gasteiger partial charge in [0.1, 0.15) is 11.3 Å². The molecule has 2 aromatic heterocycles. The van der Waals surface area contributed by atoms with E-state index < -0.39 is 0 Å². The predicted molar refractivity (Wildman–Crippen MR) is 70.9 cm³/mol. The zero-order chi connectivity index (χ0) is 12.5. The van der Waals surface area contributed by atoms with E-state index in [1.54, 1.807) is 12.3 Å². The Hall–Kier alpha value is -2.21. The lowest BCUT2D eigenvalue weighted by atomic mass is 10.2. The fraction of sp³-hybridized carbons (Fsp3) is 0.0833. The van der Waals surface area contributed by atoms with Gasteiger partial charge in [-0.3, -0.25) is 10.1 Å². The van der Waals surface area contributed by atoms with E-state index >= 15 is 0 Å². The zero-order valence-electron chi connectivity index (χ0n) is 9.60. The lowest BCUT2D eigenvalue weighted by molar-refractivity contribution is 0.102. The molecule has 0 aliphatic rings. The number of carbonyl (C=O) groups excluding carboxylic acids is 1. The number of anilines is 1. The topological polar surface area (TPSA) is 70.7 Å². The second kappa shape index (κ2) is 4.23. The van der Waals surface area contributed by atoms with Crippen LogP contribution in [-0.4, -0.2) is 20.9 Å². The van der Waals surface area contributed by atoms with Crippen molar-refractivity contribution in [3.8, 4) is 0 Å². The molecule has 0 saturated carbocycles. The summed E-state index contributed by atoms with van der Waals surface area (Å²) in [5.74, 6) is 0.599. The van der Waals surface area contributed by atoms with E-state index in [4.69, 9.17) is 0 Å². The van der Waals surface area contributed by atoms with Gasteiger partial charge in [0.05, 0.1) is 11.1 Å². The van der Waals surface area contributed by atoms with Crippen LogP contribution in [0, 0.1) is 6.92 Å². The SMILES string of the molecule is Cc1nc2c(C(=O)Nc3nccs3)cccc2[nH]1. The van der Waals surface area contributed by atoms with E-state index in [9.17, 15) is 4.79 Å². The summed E-state index contributed by atoms with van der Waals surface area (Å²) < 4.78 is 0. The smallest absolute Gasteiger partial charge is 0.259 e. The molecule has 90 valence electrons. The highest BCUT2D eigenvalue weighted by molar-refractivity contribution is 7.13. The third kappa shape index (κ3) is 1.86. The maximum Gasteiger partial charge on any atom is 0.259 e. The minimum Gasteiger partial charge on any atom is -0.342 e. The van der Waals surface area contributed by atoms with Crippen LogP contribution in [0.25, 0.3) is 11.0 Å². The summed E-state index contributed by atoms with van der Waals surface area (Å²) in [5.41, 5.74) is 2.09. The normalized spacial score (nSPS) is 10.7. The molecule has 0 bridgehead atoms. The number of hydrogen-bond acceptors (Lipinski definition) is 4. The average molecular weight is 258 g/mol. The van der Waals surface area contributed by atoms with Crippen LogP contribution in [0.3, 0.4) is 0 Å². The highest BCUT2D eigenvalue weighted by atomic mass is 32.1. The Balaban J connectivity index is 2.01. The van der Waals surface area contributed by atoms with E-state index in [1.807, 2.05) is 24.4 Å². The minimum absolute atomic E-state index is 0.193. The van der Waals surface area contributed by atoms with E-state index in [0.29, 0.717) is 16.2 Å². The van der Waals surface area contributed by atoms with Gasteiger partial charge in [-0.25, -0.2) is 9.97 Å². The van der Waals surface area contributed by atoms with Crippen molar-refractivity contribution in [3.63, 3.8) is 0 Å². The van der Waals surface area contributed by atoms with Crippen LogP contribution >= 0.6 is 11.3 Å². The summed E-state index contributed by atoms with van der Waals surface area (Å²) in [7, 11) is 0. The van der Waals surface area contributed by atoms with Crippen molar-refractivity contribution in [1.82, 2.24) is 15.0 Å². The summed E-state index contributed by atoms with van der Waals surface area (Å²) in [6.07, 6.45) is 1.65. The fourth-order valence-electron chi connectivity index (χ4n) is 1.79. The molecule has 6 heteroatoms. The molecule has 2 heterocycles. The number of rotatable bonds is 2. The van der Waals surface area contributed by atoms with Gasteiger partial charge in [-0.2, -0.15) is 0 Å². The lowest BCUT2D eigenvalue weighted by Gasteiger charge is -2.02. The highest BCUT2D eigenvalue weighted by Gasteiger charge is 2.13. The Labute approximate surface area is 107 Å². The van der Waals surface area contributed by atoms with Gasteiger partial charge in [-0.1, -0.05) is 6.07 Å².